The minimum absolute atomic E-state index is 0.0710. The van der Waals surface area contributed by atoms with Crippen LogP contribution in [0.1, 0.15) is 17.0 Å². The topological polar surface area (TPSA) is 59.4 Å². The molecule has 1 aromatic heterocycles. The molecule has 4 aromatic rings. The molecule has 7 heteroatoms. The van der Waals surface area contributed by atoms with E-state index in [0.29, 0.717) is 10.8 Å². The number of anilines is 2. The maximum atomic E-state index is 12.6. The molecule has 2 heterocycles. The Balaban J connectivity index is 1.28. The molecule has 0 aliphatic carbocycles. The van der Waals surface area contributed by atoms with E-state index in [1.54, 1.807) is 12.1 Å². The first kappa shape index (κ1) is 21.3. The molecule has 0 radical (unpaired) electrons. The second-order valence-corrected chi connectivity index (χ2v) is 8.74. The zero-order valence-corrected chi connectivity index (χ0v) is 19.4. The van der Waals surface area contributed by atoms with Gasteiger partial charge in [0.05, 0.1) is 17.6 Å². The van der Waals surface area contributed by atoms with Crippen LogP contribution in [-0.4, -0.2) is 28.6 Å². The molecule has 1 aliphatic heterocycles. The van der Waals surface area contributed by atoms with E-state index in [4.69, 9.17) is 21.3 Å². The Morgan fingerprint density at radius 2 is 1.91 bits per heavy atom. The van der Waals surface area contributed by atoms with Crippen molar-refractivity contribution in [3.63, 3.8) is 0 Å². The van der Waals surface area contributed by atoms with Crippen LogP contribution >= 0.6 is 11.6 Å². The number of halogens is 1. The molecule has 0 saturated carbocycles. The zero-order chi connectivity index (χ0) is 22.9. The van der Waals surface area contributed by atoms with Crippen molar-refractivity contribution in [1.29, 1.82) is 0 Å². The average molecular weight is 461 g/mol. The summed E-state index contributed by atoms with van der Waals surface area (Å²) >= 11 is 6.05. The van der Waals surface area contributed by atoms with E-state index in [1.807, 2.05) is 38.1 Å². The van der Waals surface area contributed by atoms with Crippen molar-refractivity contribution in [2.45, 2.75) is 26.9 Å². The Morgan fingerprint density at radius 1 is 1.06 bits per heavy atom. The average Bonchev–Trinajstić information content (AvgIpc) is 3.19. The maximum absolute atomic E-state index is 12.6. The van der Waals surface area contributed by atoms with Crippen molar-refractivity contribution in [2.24, 2.45) is 0 Å². The van der Waals surface area contributed by atoms with Crippen LogP contribution in [0.25, 0.3) is 11.0 Å². The van der Waals surface area contributed by atoms with Gasteiger partial charge in [0.2, 0.25) is 0 Å². The van der Waals surface area contributed by atoms with Gasteiger partial charge in [-0.1, -0.05) is 29.8 Å². The Hall–Kier alpha value is -3.51. The van der Waals surface area contributed by atoms with Crippen molar-refractivity contribution in [3.05, 3.63) is 82.6 Å². The van der Waals surface area contributed by atoms with Crippen molar-refractivity contribution in [1.82, 2.24) is 9.55 Å². The lowest BCUT2D eigenvalue weighted by atomic mass is 10.1. The fourth-order valence-electron chi connectivity index (χ4n) is 4.17. The highest BCUT2D eigenvalue weighted by Crippen LogP contribution is 2.28. The van der Waals surface area contributed by atoms with Crippen LogP contribution < -0.4 is 15.0 Å². The lowest BCUT2D eigenvalue weighted by Gasteiger charge is -2.30. The minimum Gasteiger partial charge on any atom is -0.484 e. The lowest BCUT2D eigenvalue weighted by Crippen LogP contribution is -2.33. The second kappa shape index (κ2) is 8.79. The summed E-state index contributed by atoms with van der Waals surface area (Å²) in [5.74, 6) is 1.47. The number of fused-ring (bicyclic) bond motifs is 3. The summed E-state index contributed by atoms with van der Waals surface area (Å²) in [6.45, 7) is 6.30. The third-order valence-electron chi connectivity index (χ3n) is 6.02. The number of imidazole rings is 1. The quantitative estimate of drug-likeness (QED) is 0.436. The van der Waals surface area contributed by atoms with Gasteiger partial charge in [0.15, 0.2) is 6.61 Å². The van der Waals surface area contributed by atoms with E-state index >= 15 is 0 Å². The van der Waals surface area contributed by atoms with Crippen molar-refractivity contribution in [3.8, 4) is 5.75 Å². The third kappa shape index (κ3) is 4.39. The van der Waals surface area contributed by atoms with Gasteiger partial charge in [-0.15, -0.1) is 0 Å². The number of carbonyl (C=O) groups excluding carboxylic acids is 1. The zero-order valence-electron chi connectivity index (χ0n) is 18.6. The molecule has 1 N–H and O–H groups in total. The molecule has 1 amide bonds. The summed E-state index contributed by atoms with van der Waals surface area (Å²) in [7, 11) is 0. The first-order valence-corrected chi connectivity index (χ1v) is 11.3. The van der Waals surface area contributed by atoms with E-state index < -0.39 is 0 Å². The summed E-state index contributed by atoms with van der Waals surface area (Å²) < 4.78 is 7.93. The maximum Gasteiger partial charge on any atom is 0.262 e. The number of aromatic nitrogens is 2. The van der Waals surface area contributed by atoms with Gasteiger partial charge in [-0.05, 0) is 67.4 Å². The number of aryl methyl sites for hydroxylation is 2. The Morgan fingerprint density at radius 3 is 2.76 bits per heavy atom. The molecule has 0 spiro atoms. The number of nitrogens with one attached hydrogen (secondary N) is 1. The highest BCUT2D eigenvalue weighted by molar-refractivity contribution is 6.31. The molecular weight excluding hydrogens is 436 g/mol. The molecule has 0 bridgehead atoms. The van der Waals surface area contributed by atoms with Crippen LogP contribution in [0.5, 0.6) is 5.75 Å². The summed E-state index contributed by atoms with van der Waals surface area (Å²) in [5, 5.41) is 3.66. The molecule has 0 atom stereocenters. The molecule has 5 rings (SSSR count). The summed E-state index contributed by atoms with van der Waals surface area (Å²) in [5.41, 5.74) is 5.96. The Kier molecular flexibility index (Phi) is 5.68. The van der Waals surface area contributed by atoms with Crippen molar-refractivity contribution in [2.75, 3.05) is 23.4 Å². The second-order valence-electron chi connectivity index (χ2n) is 8.34. The van der Waals surface area contributed by atoms with Gasteiger partial charge in [-0.25, -0.2) is 4.98 Å². The molecule has 0 fully saturated rings. The highest BCUT2D eigenvalue weighted by Gasteiger charge is 2.21. The number of hydrogen-bond donors (Lipinski definition) is 1. The predicted molar refractivity (Wildman–Crippen MR) is 132 cm³/mol. The standard InChI is InChI=1S/C26H25ClN4O2/c1-17-7-8-19(30-11-12-31-24-6-4-3-5-22(24)28-25(31)15-30)14-23(17)29-26(32)16-33-20-9-10-21(27)18(2)13-20/h3-10,13-14H,11-12,15-16H2,1-2H3,(H,29,32). The van der Waals surface area contributed by atoms with Gasteiger partial charge in [0, 0.05) is 29.5 Å². The molecule has 6 nitrogen and oxygen atoms in total. The number of hydrogen-bond acceptors (Lipinski definition) is 4. The molecule has 1 aliphatic rings. The summed E-state index contributed by atoms with van der Waals surface area (Å²) in [6.07, 6.45) is 0. The number of carbonyl (C=O) groups is 1. The summed E-state index contributed by atoms with van der Waals surface area (Å²) in [4.78, 5) is 19.7. The molecule has 0 unspecified atom stereocenters. The minimum atomic E-state index is -0.205. The van der Waals surface area contributed by atoms with Crippen molar-refractivity contribution < 1.29 is 9.53 Å². The van der Waals surface area contributed by atoms with Crippen LogP contribution in [0.2, 0.25) is 5.02 Å². The smallest absolute Gasteiger partial charge is 0.262 e. The van der Waals surface area contributed by atoms with Crippen molar-refractivity contribution >= 4 is 39.9 Å². The predicted octanol–water partition coefficient (Wildman–Crippen LogP) is 5.34. The van der Waals surface area contributed by atoms with Crippen LogP contribution in [0, 0.1) is 13.8 Å². The monoisotopic (exact) mass is 460 g/mol. The third-order valence-corrected chi connectivity index (χ3v) is 6.44. The molecule has 168 valence electrons. The normalized spacial score (nSPS) is 13.1. The number of amides is 1. The van der Waals surface area contributed by atoms with Gasteiger partial charge in [0.25, 0.3) is 5.91 Å². The number of rotatable bonds is 5. The van der Waals surface area contributed by atoms with Gasteiger partial charge in [-0.3, -0.25) is 4.79 Å². The van der Waals surface area contributed by atoms with Crippen LogP contribution in [0.3, 0.4) is 0 Å². The summed E-state index contributed by atoms with van der Waals surface area (Å²) in [6, 6.07) is 19.8. The number of ether oxygens (including phenoxy) is 1. The van der Waals surface area contributed by atoms with E-state index in [9.17, 15) is 4.79 Å². The van der Waals surface area contributed by atoms with Gasteiger partial charge in [0.1, 0.15) is 11.6 Å². The van der Waals surface area contributed by atoms with E-state index in [0.717, 1.165) is 53.5 Å². The molecular formula is C26H25ClN4O2. The van der Waals surface area contributed by atoms with Crippen LogP contribution in [0.15, 0.2) is 60.7 Å². The molecule has 3 aromatic carbocycles. The SMILES string of the molecule is Cc1cc(OCC(=O)Nc2cc(N3CCn4c(nc5ccccc54)C3)ccc2C)ccc1Cl. The largest absolute Gasteiger partial charge is 0.484 e. The number of para-hydroxylation sites is 2. The lowest BCUT2D eigenvalue weighted by molar-refractivity contribution is -0.118. The first-order chi connectivity index (χ1) is 16.0. The Labute approximate surface area is 197 Å². The van der Waals surface area contributed by atoms with Gasteiger partial charge in [-0.2, -0.15) is 0 Å². The first-order valence-electron chi connectivity index (χ1n) is 11.0. The van der Waals surface area contributed by atoms with E-state index in [-0.39, 0.29) is 12.5 Å². The Bertz CT molecular complexity index is 1350. The van der Waals surface area contributed by atoms with E-state index in [2.05, 4.69) is 39.0 Å². The van der Waals surface area contributed by atoms with Crippen LogP contribution in [0.4, 0.5) is 11.4 Å². The van der Waals surface area contributed by atoms with Gasteiger partial charge >= 0.3 is 0 Å². The number of nitrogens with zero attached hydrogens (tertiary/aromatic N) is 3. The molecule has 33 heavy (non-hydrogen) atoms. The number of benzene rings is 3. The van der Waals surface area contributed by atoms with Gasteiger partial charge < -0.3 is 19.5 Å². The molecule has 0 saturated heterocycles. The fraction of sp³-hybridized carbons (Fsp3) is 0.231. The van der Waals surface area contributed by atoms with Crippen LogP contribution in [-0.2, 0) is 17.9 Å². The fourth-order valence-corrected chi connectivity index (χ4v) is 4.29. The van der Waals surface area contributed by atoms with E-state index in [1.165, 1.54) is 5.52 Å². The highest BCUT2D eigenvalue weighted by atomic mass is 35.5.